The average molecular weight is 341 g/mol. The SMILES string of the molecule is COc1ccc(OCCN(C)C(=O)c2coc(CN)c2)cc1.Cl. The highest BCUT2D eigenvalue weighted by molar-refractivity contribution is 5.93. The van der Waals surface area contributed by atoms with Crippen molar-refractivity contribution in [2.45, 2.75) is 6.54 Å². The maximum atomic E-state index is 12.2. The first-order chi connectivity index (χ1) is 10.6. The molecule has 0 saturated heterocycles. The molecule has 1 aromatic carbocycles. The van der Waals surface area contributed by atoms with Crippen LogP contribution in [0.4, 0.5) is 0 Å². The molecule has 0 fully saturated rings. The minimum absolute atomic E-state index is 0. The number of halogens is 1. The third-order valence-corrected chi connectivity index (χ3v) is 3.20. The number of hydrogen-bond donors (Lipinski definition) is 1. The van der Waals surface area contributed by atoms with E-state index in [0.717, 1.165) is 11.5 Å². The number of ether oxygens (including phenoxy) is 2. The Bertz CT molecular complexity index is 613. The number of hydrogen-bond acceptors (Lipinski definition) is 5. The molecule has 0 bridgehead atoms. The smallest absolute Gasteiger partial charge is 0.256 e. The van der Waals surface area contributed by atoms with Crippen molar-refractivity contribution in [1.82, 2.24) is 4.90 Å². The standard InChI is InChI=1S/C16H20N2O4.ClH/c1-18(16(19)12-9-15(10-17)22-11-12)7-8-21-14-5-3-13(20-2)4-6-14;/h3-6,9,11H,7-8,10,17H2,1-2H3;1H. The lowest BCUT2D eigenvalue weighted by molar-refractivity contribution is 0.0773. The molecule has 0 aliphatic rings. The molecule has 1 aromatic heterocycles. The first-order valence-electron chi connectivity index (χ1n) is 6.94. The summed E-state index contributed by atoms with van der Waals surface area (Å²) in [7, 11) is 3.33. The molecule has 0 aliphatic heterocycles. The number of methoxy groups -OCH3 is 1. The van der Waals surface area contributed by atoms with Crippen LogP contribution in [0, 0.1) is 0 Å². The fourth-order valence-corrected chi connectivity index (χ4v) is 1.89. The summed E-state index contributed by atoms with van der Waals surface area (Å²) in [6.07, 6.45) is 1.42. The number of amides is 1. The van der Waals surface area contributed by atoms with Gasteiger partial charge < -0.3 is 24.5 Å². The summed E-state index contributed by atoms with van der Waals surface area (Å²) < 4.78 is 15.8. The number of rotatable bonds is 7. The second kappa shape index (κ2) is 9.07. The predicted molar refractivity (Wildman–Crippen MR) is 89.3 cm³/mol. The van der Waals surface area contributed by atoms with E-state index in [2.05, 4.69) is 0 Å². The fraction of sp³-hybridized carbons (Fsp3) is 0.312. The van der Waals surface area contributed by atoms with Gasteiger partial charge in [-0.25, -0.2) is 0 Å². The summed E-state index contributed by atoms with van der Waals surface area (Å²) in [6, 6.07) is 8.95. The summed E-state index contributed by atoms with van der Waals surface area (Å²) in [5.41, 5.74) is 5.95. The van der Waals surface area contributed by atoms with Crippen LogP contribution in [0.25, 0.3) is 0 Å². The highest BCUT2D eigenvalue weighted by atomic mass is 35.5. The molecule has 7 heteroatoms. The van der Waals surface area contributed by atoms with Gasteiger partial charge in [0.15, 0.2) is 0 Å². The third kappa shape index (κ3) is 5.19. The van der Waals surface area contributed by atoms with E-state index in [1.54, 1.807) is 25.1 Å². The number of likely N-dealkylation sites (N-methyl/N-ethyl adjacent to an activating group) is 1. The Labute approximate surface area is 141 Å². The molecule has 0 unspecified atom stereocenters. The molecule has 126 valence electrons. The minimum Gasteiger partial charge on any atom is -0.497 e. The maximum absolute atomic E-state index is 12.2. The molecule has 1 heterocycles. The van der Waals surface area contributed by atoms with Gasteiger partial charge in [0, 0.05) is 7.05 Å². The topological polar surface area (TPSA) is 77.9 Å². The van der Waals surface area contributed by atoms with Gasteiger partial charge in [0.25, 0.3) is 5.91 Å². The van der Waals surface area contributed by atoms with E-state index in [-0.39, 0.29) is 24.9 Å². The molecule has 2 aromatic rings. The number of nitrogens with zero attached hydrogens (tertiary/aromatic N) is 1. The van der Waals surface area contributed by atoms with Crippen LogP contribution in [0.2, 0.25) is 0 Å². The highest BCUT2D eigenvalue weighted by Gasteiger charge is 2.14. The van der Waals surface area contributed by atoms with E-state index in [1.807, 2.05) is 24.3 Å². The summed E-state index contributed by atoms with van der Waals surface area (Å²) in [5.74, 6) is 1.97. The zero-order valence-electron chi connectivity index (χ0n) is 13.2. The Hall–Kier alpha value is -2.18. The van der Waals surface area contributed by atoms with Crippen molar-refractivity contribution in [2.75, 3.05) is 27.3 Å². The highest BCUT2D eigenvalue weighted by Crippen LogP contribution is 2.17. The van der Waals surface area contributed by atoms with Crippen molar-refractivity contribution in [3.63, 3.8) is 0 Å². The lowest BCUT2D eigenvalue weighted by Gasteiger charge is -2.16. The van der Waals surface area contributed by atoms with Crippen molar-refractivity contribution in [1.29, 1.82) is 0 Å². The lowest BCUT2D eigenvalue weighted by atomic mass is 10.2. The van der Waals surface area contributed by atoms with Crippen molar-refractivity contribution in [3.05, 3.63) is 47.9 Å². The minimum atomic E-state index is -0.123. The molecule has 1 amide bonds. The van der Waals surface area contributed by atoms with Crippen LogP contribution in [-0.2, 0) is 6.54 Å². The zero-order valence-corrected chi connectivity index (χ0v) is 14.0. The molecule has 0 spiro atoms. The van der Waals surface area contributed by atoms with Crippen LogP contribution in [0.3, 0.4) is 0 Å². The molecule has 6 nitrogen and oxygen atoms in total. The molecule has 23 heavy (non-hydrogen) atoms. The van der Waals surface area contributed by atoms with Crippen LogP contribution in [0.5, 0.6) is 11.5 Å². The van der Waals surface area contributed by atoms with Crippen molar-refractivity contribution in [2.24, 2.45) is 5.73 Å². The quantitative estimate of drug-likeness (QED) is 0.837. The van der Waals surface area contributed by atoms with Crippen LogP contribution in [-0.4, -0.2) is 38.1 Å². The number of furan rings is 1. The number of benzene rings is 1. The van der Waals surface area contributed by atoms with Crippen molar-refractivity contribution < 1.29 is 18.7 Å². The molecule has 2 rings (SSSR count). The molecule has 0 saturated carbocycles. The van der Waals surface area contributed by atoms with Gasteiger partial charge in [-0.1, -0.05) is 0 Å². The fourth-order valence-electron chi connectivity index (χ4n) is 1.89. The first kappa shape index (κ1) is 18.9. The Morgan fingerprint density at radius 2 is 1.91 bits per heavy atom. The van der Waals surface area contributed by atoms with Crippen molar-refractivity contribution >= 4 is 18.3 Å². The number of carbonyl (C=O) groups excluding carboxylic acids is 1. The van der Waals surface area contributed by atoms with Gasteiger partial charge in [0.1, 0.15) is 30.1 Å². The molecule has 2 N–H and O–H groups in total. The molecule has 0 atom stereocenters. The van der Waals surface area contributed by atoms with E-state index in [1.165, 1.54) is 6.26 Å². The number of carbonyl (C=O) groups is 1. The summed E-state index contributed by atoms with van der Waals surface area (Å²) >= 11 is 0. The molecule has 0 radical (unpaired) electrons. The van der Waals surface area contributed by atoms with E-state index in [9.17, 15) is 4.79 Å². The lowest BCUT2D eigenvalue weighted by Crippen LogP contribution is -2.30. The first-order valence-corrected chi connectivity index (χ1v) is 6.94. The third-order valence-electron chi connectivity index (χ3n) is 3.20. The molecular formula is C16H21ClN2O4. The maximum Gasteiger partial charge on any atom is 0.256 e. The normalized spacial score (nSPS) is 9.87. The van der Waals surface area contributed by atoms with Gasteiger partial charge >= 0.3 is 0 Å². The zero-order chi connectivity index (χ0) is 15.9. The summed E-state index contributed by atoms with van der Waals surface area (Å²) in [6.45, 7) is 1.14. The number of nitrogens with two attached hydrogens (primary N) is 1. The van der Waals surface area contributed by atoms with Crippen LogP contribution >= 0.6 is 12.4 Å². The summed E-state index contributed by atoms with van der Waals surface area (Å²) in [5, 5.41) is 0. The van der Waals surface area contributed by atoms with Gasteiger partial charge in [-0.15, -0.1) is 12.4 Å². The van der Waals surface area contributed by atoms with E-state index < -0.39 is 0 Å². The van der Waals surface area contributed by atoms with Gasteiger partial charge in [0.05, 0.1) is 25.8 Å². The Morgan fingerprint density at radius 3 is 2.48 bits per heavy atom. The van der Waals surface area contributed by atoms with Gasteiger partial charge in [-0.3, -0.25) is 4.79 Å². The van der Waals surface area contributed by atoms with Gasteiger partial charge in [-0.2, -0.15) is 0 Å². The second-order valence-corrected chi connectivity index (χ2v) is 4.76. The summed E-state index contributed by atoms with van der Waals surface area (Å²) in [4.78, 5) is 13.7. The Balaban J connectivity index is 0.00000264. The van der Waals surface area contributed by atoms with Gasteiger partial charge in [0.2, 0.25) is 0 Å². The van der Waals surface area contributed by atoms with E-state index in [0.29, 0.717) is 24.5 Å². The second-order valence-electron chi connectivity index (χ2n) is 4.76. The largest absolute Gasteiger partial charge is 0.497 e. The van der Waals surface area contributed by atoms with Gasteiger partial charge in [-0.05, 0) is 30.3 Å². The molecule has 0 aliphatic carbocycles. The Kier molecular flexibility index (Phi) is 7.44. The van der Waals surface area contributed by atoms with Crippen LogP contribution in [0.15, 0.2) is 41.0 Å². The molecular weight excluding hydrogens is 320 g/mol. The average Bonchev–Trinajstić information content (AvgIpc) is 3.03. The van der Waals surface area contributed by atoms with Crippen LogP contribution in [0.1, 0.15) is 16.1 Å². The predicted octanol–water partition coefficient (Wildman–Crippen LogP) is 2.32. The van der Waals surface area contributed by atoms with E-state index in [4.69, 9.17) is 19.6 Å². The van der Waals surface area contributed by atoms with Crippen LogP contribution < -0.4 is 15.2 Å². The van der Waals surface area contributed by atoms with Crippen molar-refractivity contribution in [3.8, 4) is 11.5 Å². The monoisotopic (exact) mass is 340 g/mol. The van der Waals surface area contributed by atoms with E-state index >= 15 is 0 Å². The Morgan fingerprint density at radius 1 is 1.26 bits per heavy atom.